The van der Waals surface area contributed by atoms with Gasteiger partial charge >= 0.3 is 0 Å². The van der Waals surface area contributed by atoms with Gasteiger partial charge < -0.3 is 5.73 Å². The van der Waals surface area contributed by atoms with Crippen molar-refractivity contribution in [3.63, 3.8) is 0 Å². The van der Waals surface area contributed by atoms with Crippen molar-refractivity contribution in [2.24, 2.45) is 5.73 Å². The smallest absolute Gasteiger partial charge is 0.0940 e. The highest BCUT2D eigenvalue weighted by molar-refractivity contribution is 5.15. The lowest BCUT2D eigenvalue weighted by molar-refractivity contribution is 0.839. The van der Waals surface area contributed by atoms with E-state index >= 15 is 0 Å². The molecule has 0 aromatic rings. The van der Waals surface area contributed by atoms with E-state index in [0.29, 0.717) is 12.1 Å². The Morgan fingerprint density at radius 3 is 2.75 bits per heavy atom. The summed E-state index contributed by atoms with van der Waals surface area (Å²) in [7, 11) is 0. The lowest BCUT2D eigenvalue weighted by Gasteiger charge is -1.89. The van der Waals surface area contributed by atoms with Crippen LogP contribution in [0.15, 0.2) is 12.2 Å². The molecule has 0 aliphatic heterocycles. The highest BCUT2D eigenvalue weighted by Gasteiger charge is 1.87. The SMILES string of the molecule is C=C(C#N)CCCN. The van der Waals surface area contributed by atoms with Gasteiger partial charge in [0.1, 0.15) is 0 Å². The van der Waals surface area contributed by atoms with Crippen molar-refractivity contribution in [2.45, 2.75) is 12.8 Å². The molecule has 0 unspecified atom stereocenters. The molecule has 0 heterocycles. The Balaban J connectivity index is 3.16. The van der Waals surface area contributed by atoms with Crippen LogP contribution < -0.4 is 5.73 Å². The molecule has 0 amide bonds. The quantitative estimate of drug-likeness (QED) is 0.546. The van der Waals surface area contributed by atoms with Gasteiger partial charge in [-0.3, -0.25) is 0 Å². The second-order valence-electron chi connectivity index (χ2n) is 1.61. The zero-order valence-corrected chi connectivity index (χ0v) is 4.85. The lowest BCUT2D eigenvalue weighted by atomic mass is 10.2. The summed E-state index contributed by atoms with van der Waals surface area (Å²) in [5.74, 6) is 0. The third-order valence-electron chi connectivity index (χ3n) is 0.841. The van der Waals surface area contributed by atoms with Gasteiger partial charge in [0.2, 0.25) is 0 Å². The van der Waals surface area contributed by atoms with Crippen LogP contribution in [0.2, 0.25) is 0 Å². The second kappa shape index (κ2) is 4.35. The normalized spacial score (nSPS) is 8.00. The van der Waals surface area contributed by atoms with Gasteiger partial charge in [-0.05, 0) is 19.4 Å². The Hall–Kier alpha value is -0.810. The Morgan fingerprint density at radius 2 is 2.38 bits per heavy atom. The molecular formula is C6H10N2. The zero-order valence-electron chi connectivity index (χ0n) is 4.85. The molecule has 0 radical (unpaired) electrons. The minimum atomic E-state index is 0.621. The molecule has 0 rings (SSSR count). The van der Waals surface area contributed by atoms with Gasteiger partial charge in [-0.1, -0.05) is 6.58 Å². The highest BCUT2D eigenvalue weighted by Crippen LogP contribution is 1.96. The van der Waals surface area contributed by atoms with E-state index in [-0.39, 0.29) is 0 Å². The van der Waals surface area contributed by atoms with Crippen molar-refractivity contribution in [1.29, 1.82) is 5.26 Å². The molecule has 8 heavy (non-hydrogen) atoms. The molecule has 0 fully saturated rings. The van der Waals surface area contributed by atoms with E-state index in [1.807, 2.05) is 6.07 Å². The van der Waals surface area contributed by atoms with Crippen LogP contribution >= 0.6 is 0 Å². The Bertz CT molecular complexity index is 110. The van der Waals surface area contributed by atoms with Crippen molar-refractivity contribution in [3.05, 3.63) is 12.2 Å². The van der Waals surface area contributed by atoms with Gasteiger partial charge in [0.05, 0.1) is 6.07 Å². The number of hydrogen-bond donors (Lipinski definition) is 1. The molecule has 0 saturated heterocycles. The molecule has 0 saturated carbocycles. The van der Waals surface area contributed by atoms with E-state index in [0.717, 1.165) is 12.8 Å². The van der Waals surface area contributed by atoms with Crippen LogP contribution in [0.5, 0.6) is 0 Å². The molecule has 0 bridgehead atoms. The molecule has 0 spiro atoms. The summed E-state index contributed by atoms with van der Waals surface area (Å²) in [5, 5.41) is 8.17. The van der Waals surface area contributed by atoms with E-state index in [1.165, 1.54) is 0 Å². The fraction of sp³-hybridized carbons (Fsp3) is 0.500. The lowest BCUT2D eigenvalue weighted by Crippen LogP contribution is -1.97. The maximum atomic E-state index is 8.17. The van der Waals surface area contributed by atoms with Crippen LogP contribution in [-0.4, -0.2) is 6.54 Å². The molecule has 44 valence electrons. The molecular weight excluding hydrogens is 100 g/mol. The largest absolute Gasteiger partial charge is 0.330 e. The van der Waals surface area contributed by atoms with Crippen molar-refractivity contribution >= 4 is 0 Å². The minimum absolute atomic E-state index is 0.621. The highest BCUT2D eigenvalue weighted by atomic mass is 14.5. The first-order chi connectivity index (χ1) is 3.81. The molecule has 0 aromatic heterocycles. The van der Waals surface area contributed by atoms with Gasteiger partial charge in [0, 0.05) is 5.57 Å². The van der Waals surface area contributed by atoms with Gasteiger partial charge in [0.25, 0.3) is 0 Å². The second-order valence-corrected chi connectivity index (χ2v) is 1.61. The van der Waals surface area contributed by atoms with E-state index < -0.39 is 0 Å². The average Bonchev–Trinajstić information content (AvgIpc) is 1.83. The maximum Gasteiger partial charge on any atom is 0.0940 e. The van der Waals surface area contributed by atoms with E-state index in [9.17, 15) is 0 Å². The maximum absolute atomic E-state index is 8.17. The fourth-order valence-corrected chi connectivity index (χ4v) is 0.371. The minimum Gasteiger partial charge on any atom is -0.330 e. The molecule has 0 aliphatic rings. The average molecular weight is 110 g/mol. The number of hydrogen-bond acceptors (Lipinski definition) is 2. The molecule has 2 heteroatoms. The zero-order chi connectivity index (χ0) is 6.41. The van der Waals surface area contributed by atoms with Gasteiger partial charge in [0.15, 0.2) is 0 Å². The third-order valence-corrected chi connectivity index (χ3v) is 0.841. The summed E-state index contributed by atoms with van der Waals surface area (Å²) >= 11 is 0. The van der Waals surface area contributed by atoms with Crippen LogP contribution in [0.1, 0.15) is 12.8 Å². The van der Waals surface area contributed by atoms with Crippen LogP contribution in [0.25, 0.3) is 0 Å². The molecule has 2 N–H and O–H groups in total. The fourth-order valence-electron chi connectivity index (χ4n) is 0.371. The third kappa shape index (κ3) is 3.38. The van der Waals surface area contributed by atoms with E-state index in [4.69, 9.17) is 11.0 Å². The van der Waals surface area contributed by atoms with Crippen LogP contribution in [0.3, 0.4) is 0 Å². The number of nitriles is 1. The van der Waals surface area contributed by atoms with Gasteiger partial charge in [-0.2, -0.15) is 5.26 Å². The monoisotopic (exact) mass is 110 g/mol. The van der Waals surface area contributed by atoms with Crippen molar-refractivity contribution < 1.29 is 0 Å². The standard InChI is InChI=1S/C6H10N2/c1-6(5-8)3-2-4-7/h1-4,7H2. The first-order valence-corrected chi connectivity index (χ1v) is 2.59. The number of allylic oxidation sites excluding steroid dienone is 1. The summed E-state index contributed by atoms with van der Waals surface area (Å²) in [6.07, 6.45) is 1.61. The predicted octanol–water partition coefficient (Wildman–Crippen LogP) is 0.805. The predicted molar refractivity (Wildman–Crippen MR) is 33.0 cm³/mol. The van der Waals surface area contributed by atoms with Gasteiger partial charge in [-0.25, -0.2) is 0 Å². The van der Waals surface area contributed by atoms with Crippen LogP contribution in [0, 0.1) is 11.3 Å². The van der Waals surface area contributed by atoms with Crippen LogP contribution in [0.4, 0.5) is 0 Å². The summed E-state index contributed by atoms with van der Waals surface area (Å²) in [6.45, 7) is 4.13. The first kappa shape index (κ1) is 7.19. The molecule has 2 nitrogen and oxygen atoms in total. The summed E-state index contributed by atoms with van der Waals surface area (Å²) < 4.78 is 0. The summed E-state index contributed by atoms with van der Waals surface area (Å²) in [5.41, 5.74) is 5.80. The summed E-state index contributed by atoms with van der Waals surface area (Å²) in [4.78, 5) is 0. The number of nitrogens with zero attached hydrogens (tertiary/aromatic N) is 1. The van der Waals surface area contributed by atoms with E-state index in [1.54, 1.807) is 0 Å². The van der Waals surface area contributed by atoms with E-state index in [2.05, 4.69) is 6.58 Å². The van der Waals surface area contributed by atoms with Crippen molar-refractivity contribution in [2.75, 3.05) is 6.54 Å². The Labute approximate surface area is 49.6 Å². The molecule has 0 aromatic carbocycles. The number of rotatable bonds is 3. The molecule has 0 atom stereocenters. The topological polar surface area (TPSA) is 49.8 Å². The number of nitrogens with two attached hydrogens (primary N) is 1. The van der Waals surface area contributed by atoms with Crippen molar-refractivity contribution in [3.8, 4) is 6.07 Å². The Kier molecular flexibility index (Phi) is 3.91. The first-order valence-electron chi connectivity index (χ1n) is 2.59. The van der Waals surface area contributed by atoms with Crippen LogP contribution in [-0.2, 0) is 0 Å². The molecule has 0 aliphatic carbocycles. The van der Waals surface area contributed by atoms with Gasteiger partial charge in [-0.15, -0.1) is 0 Å². The Morgan fingerprint density at radius 1 is 1.75 bits per heavy atom. The summed E-state index contributed by atoms with van der Waals surface area (Å²) in [6, 6.07) is 1.95. The van der Waals surface area contributed by atoms with Crippen molar-refractivity contribution in [1.82, 2.24) is 0 Å².